The molecule has 35 heavy (non-hydrogen) atoms. The molecule has 1 atom stereocenters. The first kappa shape index (κ1) is 24.3. The van der Waals surface area contributed by atoms with E-state index in [9.17, 15) is 4.79 Å². The lowest BCUT2D eigenvalue weighted by atomic mass is 9.92. The molecule has 1 aliphatic heterocycles. The number of anilines is 1. The monoisotopic (exact) mass is 492 g/mol. The normalized spacial score (nSPS) is 14.5. The van der Waals surface area contributed by atoms with E-state index in [1.165, 1.54) is 7.11 Å². The summed E-state index contributed by atoms with van der Waals surface area (Å²) in [5.41, 5.74) is 3.62. The number of hydrogen-bond donors (Lipinski definition) is 1. The fourth-order valence-electron chi connectivity index (χ4n) is 4.15. The van der Waals surface area contributed by atoms with Gasteiger partial charge in [0, 0.05) is 12.2 Å². The first-order chi connectivity index (χ1) is 17.0. The predicted molar refractivity (Wildman–Crippen MR) is 139 cm³/mol. The first-order valence-electron chi connectivity index (χ1n) is 11.2. The number of rotatable bonds is 7. The highest BCUT2D eigenvalue weighted by Crippen LogP contribution is 2.38. The lowest BCUT2D eigenvalue weighted by Crippen LogP contribution is -2.44. The van der Waals surface area contributed by atoms with Crippen LogP contribution in [0.4, 0.5) is 5.69 Å². The number of para-hydroxylation sites is 1. The SMILES string of the molecule is COC(=O)c1ccc(OC[C@@H]2c3cc(OC)c(OC)cc3CCN2C(=S)Nc2ccccc2)cc1. The van der Waals surface area contributed by atoms with Crippen LogP contribution in [0.1, 0.15) is 27.5 Å². The Labute approximate surface area is 210 Å². The van der Waals surface area contributed by atoms with Crippen LogP contribution in [0.3, 0.4) is 0 Å². The highest BCUT2D eigenvalue weighted by Gasteiger charge is 2.31. The predicted octanol–water partition coefficient (Wildman–Crippen LogP) is 4.87. The maximum Gasteiger partial charge on any atom is 0.337 e. The van der Waals surface area contributed by atoms with Gasteiger partial charge in [-0.2, -0.15) is 0 Å². The Balaban J connectivity index is 1.61. The number of carbonyl (C=O) groups is 1. The Hall–Kier alpha value is -3.78. The van der Waals surface area contributed by atoms with Crippen molar-refractivity contribution in [2.45, 2.75) is 12.5 Å². The van der Waals surface area contributed by atoms with Gasteiger partial charge in [-0.25, -0.2) is 4.79 Å². The summed E-state index contributed by atoms with van der Waals surface area (Å²) in [6.45, 7) is 1.06. The minimum atomic E-state index is -0.387. The molecule has 0 saturated carbocycles. The molecular formula is C27H28N2O5S. The van der Waals surface area contributed by atoms with E-state index < -0.39 is 0 Å². The van der Waals surface area contributed by atoms with E-state index in [0.717, 1.165) is 29.8 Å². The topological polar surface area (TPSA) is 69.3 Å². The van der Waals surface area contributed by atoms with Gasteiger partial charge in [0.2, 0.25) is 0 Å². The van der Waals surface area contributed by atoms with Crippen molar-refractivity contribution in [3.05, 3.63) is 83.4 Å². The summed E-state index contributed by atoms with van der Waals surface area (Å²) >= 11 is 5.81. The van der Waals surface area contributed by atoms with Gasteiger partial charge >= 0.3 is 5.97 Å². The molecule has 0 fully saturated rings. The highest BCUT2D eigenvalue weighted by molar-refractivity contribution is 7.80. The van der Waals surface area contributed by atoms with Crippen LogP contribution in [0.15, 0.2) is 66.7 Å². The van der Waals surface area contributed by atoms with Gasteiger partial charge in [-0.3, -0.25) is 0 Å². The standard InChI is InChI=1S/C27H28N2O5S/c1-31-24-15-19-13-14-29(27(35)28-20-7-5-4-6-8-20)23(22(19)16-25(24)32-2)17-34-21-11-9-18(10-12-21)26(30)33-3/h4-12,15-16,23H,13-14,17H2,1-3H3,(H,28,35)/t23-/m1/s1. The number of nitrogens with one attached hydrogen (secondary N) is 1. The third-order valence-corrected chi connectivity index (χ3v) is 6.31. The average molecular weight is 493 g/mol. The number of thiocarbonyl (C=S) groups is 1. The number of benzene rings is 3. The second-order valence-electron chi connectivity index (χ2n) is 7.99. The molecule has 0 spiro atoms. The number of carbonyl (C=O) groups excluding carboxylic acids is 1. The molecular weight excluding hydrogens is 464 g/mol. The van der Waals surface area contributed by atoms with Gasteiger partial charge in [0.25, 0.3) is 0 Å². The van der Waals surface area contributed by atoms with Crippen molar-refractivity contribution in [1.29, 1.82) is 0 Å². The van der Waals surface area contributed by atoms with Gasteiger partial charge in [-0.1, -0.05) is 18.2 Å². The summed E-state index contributed by atoms with van der Waals surface area (Å²) in [6.07, 6.45) is 0.802. The zero-order chi connectivity index (χ0) is 24.8. The smallest absolute Gasteiger partial charge is 0.337 e. The summed E-state index contributed by atoms with van der Waals surface area (Å²) in [4.78, 5) is 13.9. The molecule has 0 radical (unpaired) electrons. The van der Waals surface area contributed by atoms with Crippen molar-refractivity contribution in [3.8, 4) is 17.2 Å². The van der Waals surface area contributed by atoms with Crippen molar-refractivity contribution in [2.75, 3.05) is 39.8 Å². The van der Waals surface area contributed by atoms with E-state index in [4.69, 9.17) is 31.2 Å². The molecule has 3 aromatic carbocycles. The Morgan fingerprint density at radius 2 is 1.69 bits per heavy atom. The van der Waals surface area contributed by atoms with E-state index in [1.807, 2.05) is 42.5 Å². The number of hydrogen-bond acceptors (Lipinski definition) is 6. The lowest BCUT2D eigenvalue weighted by molar-refractivity contribution is 0.0600. The number of ether oxygens (including phenoxy) is 4. The van der Waals surface area contributed by atoms with E-state index in [1.54, 1.807) is 38.5 Å². The lowest BCUT2D eigenvalue weighted by Gasteiger charge is -2.39. The second kappa shape index (κ2) is 11.1. The third-order valence-electron chi connectivity index (χ3n) is 5.97. The van der Waals surface area contributed by atoms with Gasteiger partial charge < -0.3 is 29.2 Å². The molecule has 8 heteroatoms. The minimum Gasteiger partial charge on any atom is -0.493 e. The van der Waals surface area contributed by atoms with Crippen molar-refractivity contribution < 1.29 is 23.7 Å². The van der Waals surface area contributed by atoms with Crippen LogP contribution >= 0.6 is 12.2 Å². The minimum absolute atomic E-state index is 0.164. The van der Waals surface area contributed by atoms with Crippen LogP contribution in [-0.4, -0.2) is 50.5 Å². The molecule has 0 aliphatic carbocycles. The van der Waals surface area contributed by atoms with Crippen molar-refractivity contribution >= 4 is 29.0 Å². The van der Waals surface area contributed by atoms with Crippen LogP contribution in [0.5, 0.6) is 17.2 Å². The summed E-state index contributed by atoms with van der Waals surface area (Å²) in [5, 5.41) is 3.96. The molecule has 0 aromatic heterocycles. The van der Waals surface area contributed by atoms with Crippen LogP contribution in [0.2, 0.25) is 0 Å². The largest absolute Gasteiger partial charge is 0.493 e. The Morgan fingerprint density at radius 1 is 1.00 bits per heavy atom. The van der Waals surface area contributed by atoms with Crippen molar-refractivity contribution in [1.82, 2.24) is 4.90 Å². The number of nitrogens with zero attached hydrogens (tertiary/aromatic N) is 1. The van der Waals surface area contributed by atoms with E-state index in [0.29, 0.717) is 34.5 Å². The van der Waals surface area contributed by atoms with Gasteiger partial charge in [-0.05, 0) is 78.3 Å². The number of methoxy groups -OCH3 is 3. The fourth-order valence-corrected chi connectivity index (χ4v) is 4.48. The molecule has 1 aliphatic rings. The molecule has 0 amide bonds. The molecule has 182 valence electrons. The van der Waals surface area contributed by atoms with Crippen LogP contribution in [-0.2, 0) is 11.2 Å². The highest BCUT2D eigenvalue weighted by atomic mass is 32.1. The molecule has 0 saturated heterocycles. The van der Waals surface area contributed by atoms with Gasteiger partial charge in [-0.15, -0.1) is 0 Å². The zero-order valence-electron chi connectivity index (χ0n) is 19.9. The Bertz CT molecular complexity index is 1180. The molecule has 1 N–H and O–H groups in total. The fraction of sp³-hybridized carbons (Fsp3) is 0.259. The maximum atomic E-state index is 11.7. The third kappa shape index (κ3) is 5.49. The molecule has 0 bridgehead atoms. The average Bonchev–Trinajstić information content (AvgIpc) is 2.91. The molecule has 4 rings (SSSR count). The molecule has 0 unspecified atom stereocenters. The summed E-state index contributed by atoms with van der Waals surface area (Å²) < 4.78 is 22.0. The Kier molecular flexibility index (Phi) is 7.72. The van der Waals surface area contributed by atoms with Gasteiger partial charge in [0.1, 0.15) is 12.4 Å². The van der Waals surface area contributed by atoms with Crippen molar-refractivity contribution in [2.24, 2.45) is 0 Å². The van der Waals surface area contributed by atoms with Crippen LogP contribution in [0, 0.1) is 0 Å². The quantitative estimate of drug-likeness (QED) is 0.370. The molecule has 1 heterocycles. The van der Waals surface area contributed by atoms with Gasteiger partial charge in [0.15, 0.2) is 16.6 Å². The Morgan fingerprint density at radius 3 is 2.34 bits per heavy atom. The summed E-state index contributed by atoms with van der Waals surface area (Å²) in [7, 11) is 4.62. The molecule has 7 nitrogen and oxygen atoms in total. The molecule has 3 aromatic rings. The first-order valence-corrected chi connectivity index (χ1v) is 11.6. The van der Waals surface area contributed by atoms with E-state index in [-0.39, 0.29) is 12.0 Å². The van der Waals surface area contributed by atoms with E-state index in [2.05, 4.69) is 10.2 Å². The summed E-state index contributed by atoms with van der Waals surface area (Å²) in [6, 6.07) is 20.6. The maximum absolute atomic E-state index is 11.7. The number of fused-ring (bicyclic) bond motifs is 1. The summed E-state index contributed by atoms with van der Waals surface area (Å²) in [5.74, 6) is 1.61. The van der Waals surface area contributed by atoms with Crippen LogP contribution in [0.25, 0.3) is 0 Å². The second-order valence-corrected chi connectivity index (χ2v) is 8.38. The van der Waals surface area contributed by atoms with Crippen LogP contribution < -0.4 is 19.5 Å². The van der Waals surface area contributed by atoms with Crippen molar-refractivity contribution in [3.63, 3.8) is 0 Å². The number of esters is 1. The zero-order valence-corrected chi connectivity index (χ0v) is 20.8. The van der Waals surface area contributed by atoms with Gasteiger partial charge in [0.05, 0.1) is 32.9 Å². The van der Waals surface area contributed by atoms with E-state index >= 15 is 0 Å².